The molecule has 0 aromatic heterocycles. The van der Waals surface area contributed by atoms with Gasteiger partial charge in [-0.3, -0.25) is 0 Å². The summed E-state index contributed by atoms with van der Waals surface area (Å²) in [5.41, 5.74) is 0. The van der Waals surface area contributed by atoms with Gasteiger partial charge >= 0.3 is 0 Å². The Labute approximate surface area is 201 Å². The van der Waals surface area contributed by atoms with Crippen LogP contribution in [-0.4, -0.2) is 25.5 Å². The van der Waals surface area contributed by atoms with Gasteiger partial charge in [-0.15, -0.1) is 0 Å². The number of alkyl halides is 13. The predicted octanol–water partition coefficient (Wildman–Crippen LogP) is 9.19. The van der Waals surface area contributed by atoms with Crippen LogP contribution in [0.3, 0.4) is 0 Å². The largest absolute Gasteiger partial charge is 0.226 e. The van der Waals surface area contributed by atoms with Gasteiger partial charge in [0.2, 0.25) is 8.13 Å². The summed E-state index contributed by atoms with van der Waals surface area (Å²) >= 11 is 87.4. The zero-order valence-corrected chi connectivity index (χ0v) is 20.5. The molecule has 1 radical (unpaired) electrons. The summed E-state index contributed by atoms with van der Waals surface area (Å²) in [6.07, 6.45) is 0. The van der Waals surface area contributed by atoms with Crippen molar-refractivity contribution in [1.82, 2.24) is 0 Å². The molecule has 0 bridgehead atoms. The van der Waals surface area contributed by atoms with E-state index in [1.165, 1.54) is 0 Å². The molecule has 0 saturated heterocycles. The molecule has 0 rings (SSSR count). The average Bonchev–Trinajstić information content (AvgIpc) is 2.25. The summed E-state index contributed by atoms with van der Waals surface area (Å²) < 4.78 is -15.8. The second-order valence-corrected chi connectivity index (χ2v) is 13.5. The SMILES string of the molecule is Cl[C](Cl)C(Cl)(Cl)C(Cl)(Cl)C(Cl)(Cl)C(Cl)(Cl)C(Cl)(Cl)C(Cl)(Cl)Cl. The summed E-state index contributed by atoms with van der Waals surface area (Å²) in [5, 5.41) is 0. The van der Waals surface area contributed by atoms with E-state index in [9.17, 15) is 0 Å². The molecule has 0 fully saturated rings. The van der Waals surface area contributed by atoms with E-state index in [-0.39, 0.29) is 0 Å². The van der Waals surface area contributed by atoms with Gasteiger partial charge in [-0.1, -0.05) is 174 Å². The summed E-state index contributed by atoms with van der Waals surface area (Å²) in [5.74, 6) is 0. The molecule has 15 heteroatoms. The van der Waals surface area contributed by atoms with Crippen molar-refractivity contribution in [3.8, 4) is 0 Å². The molecule has 0 spiro atoms. The fourth-order valence-electron chi connectivity index (χ4n) is 0.888. The molecule has 0 aromatic rings. The first-order valence-corrected chi connectivity index (χ1v) is 10.0. The highest BCUT2D eigenvalue weighted by atomic mass is 35.6. The van der Waals surface area contributed by atoms with Crippen LogP contribution in [0.2, 0.25) is 0 Å². The zero-order chi connectivity index (χ0) is 18.6. The molecule has 0 amide bonds. The van der Waals surface area contributed by atoms with E-state index in [2.05, 4.69) is 0 Å². The summed E-state index contributed by atoms with van der Waals surface area (Å²) in [6, 6.07) is 0. The van der Waals surface area contributed by atoms with E-state index < -0.39 is 30.3 Å². The number of halogens is 15. The van der Waals surface area contributed by atoms with Gasteiger partial charge in [0.15, 0.2) is 22.2 Å². The van der Waals surface area contributed by atoms with Crippen molar-refractivity contribution < 1.29 is 0 Å². The second kappa shape index (κ2) is 8.00. The Morgan fingerprint density at radius 2 is 0.682 bits per heavy atom. The van der Waals surface area contributed by atoms with E-state index >= 15 is 0 Å². The molecule has 133 valence electrons. The first-order valence-electron chi connectivity index (χ1n) is 4.33. The fraction of sp³-hybridized carbons (Fsp3) is 0.857. The monoisotopic (exact) mass is 609 g/mol. The van der Waals surface area contributed by atoms with Crippen molar-refractivity contribution in [1.29, 1.82) is 0 Å². The van der Waals surface area contributed by atoms with Gasteiger partial charge in [0, 0.05) is 0 Å². The van der Waals surface area contributed by atoms with Crippen LogP contribution in [0.25, 0.3) is 0 Å². The maximum Gasteiger partial charge on any atom is 0.226 e. The Hall–Kier alpha value is 4.35. The lowest BCUT2D eigenvalue weighted by molar-refractivity contribution is 0.515. The summed E-state index contributed by atoms with van der Waals surface area (Å²) in [7, 11) is 0. The highest BCUT2D eigenvalue weighted by Crippen LogP contribution is 2.70. The second-order valence-electron chi connectivity index (χ2n) is 3.63. The smallest absolute Gasteiger partial charge is 0.0946 e. The van der Waals surface area contributed by atoms with E-state index in [0.29, 0.717) is 0 Å². The van der Waals surface area contributed by atoms with Crippen LogP contribution in [-0.2, 0) is 0 Å². The van der Waals surface area contributed by atoms with Gasteiger partial charge < -0.3 is 0 Å². The van der Waals surface area contributed by atoms with Gasteiger partial charge in [-0.25, -0.2) is 0 Å². The zero-order valence-electron chi connectivity index (χ0n) is 9.17. The number of hydrogen-bond donors (Lipinski definition) is 0. The Balaban J connectivity index is 6.24. The normalized spacial score (nSPS) is 16.4. The maximum atomic E-state index is 6.03. The maximum absolute atomic E-state index is 6.03. The summed E-state index contributed by atoms with van der Waals surface area (Å²) in [4.78, 5) is -0.737. The Kier molecular flexibility index (Phi) is 9.58. The van der Waals surface area contributed by atoms with Crippen LogP contribution in [0.15, 0.2) is 0 Å². The van der Waals surface area contributed by atoms with Gasteiger partial charge in [0.25, 0.3) is 0 Å². The van der Waals surface area contributed by atoms with E-state index in [1.807, 2.05) is 0 Å². The van der Waals surface area contributed by atoms with E-state index in [0.717, 1.165) is 0 Å². The first kappa shape index (κ1) is 26.4. The molecule has 0 nitrogen and oxygen atoms in total. The third-order valence-corrected chi connectivity index (χ3v) is 11.6. The minimum absolute atomic E-state index is 0.737. The van der Waals surface area contributed by atoms with Crippen molar-refractivity contribution in [2.45, 2.75) is 25.5 Å². The molecular formula is C7Cl15. The van der Waals surface area contributed by atoms with Gasteiger partial charge in [-0.2, -0.15) is 0 Å². The van der Waals surface area contributed by atoms with Crippen molar-refractivity contribution in [3.05, 3.63) is 4.84 Å². The standard InChI is InChI=1S/C7Cl15/c8-1(9)2(10,11)3(12,13)4(14,15)5(16,17)6(18,19)7(20,21)22. The lowest BCUT2D eigenvalue weighted by atomic mass is 10.1. The molecule has 0 saturated carbocycles. The topological polar surface area (TPSA) is 0 Å². The van der Waals surface area contributed by atoms with Crippen molar-refractivity contribution in [2.24, 2.45) is 0 Å². The lowest BCUT2D eigenvalue weighted by Gasteiger charge is -2.50. The van der Waals surface area contributed by atoms with Crippen LogP contribution >= 0.6 is 174 Å². The first-order chi connectivity index (χ1) is 9.19. The van der Waals surface area contributed by atoms with Crippen molar-refractivity contribution in [2.75, 3.05) is 0 Å². The number of hydrogen-bond acceptors (Lipinski definition) is 0. The van der Waals surface area contributed by atoms with Crippen molar-refractivity contribution in [3.63, 3.8) is 0 Å². The number of rotatable bonds is 5. The molecule has 0 atom stereocenters. The van der Waals surface area contributed by atoms with Gasteiger partial charge in [0.05, 0.1) is 0 Å². The Morgan fingerprint density at radius 3 is 0.909 bits per heavy atom. The van der Waals surface area contributed by atoms with Crippen LogP contribution in [0.4, 0.5) is 0 Å². The molecule has 0 N–H and O–H groups in total. The molecule has 0 aromatic carbocycles. The molecule has 0 aliphatic carbocycles. The van der Waals surface area contributed by atoms with Crippen molar-refractivity contribution >= 4 is 174 Å². The molecular weight excluding hydrogens is 616 g/mol. The Bertz CT molecular complexity index is 401. The highest BCUT2D eigenvalue weighted by Gasteiger charge is 2.77. The third-order valence-electron chi connectivity index (χ3n) is 2.17. The minimum atomic E-state index is -2.77. The third kappa shape index (κ3) is 4.33. The van der Waals surface area contributed by atoms with E-state index in [1.54, 1.807) is 0 Å². The van der Waals surface area contributed by atoms with E-state index in [4.69, 9.17) is 174 Å². The fourth-order valence-corrected chi connectivity index (χ4v) is 4.83. The van der Waals surface area contributed by atoms with Crippen LogP contribution < -0.4 is 0 Å². The summed E-state index contributed by atoms with van der Waals surface area (Å²) in [6.45, 7) is 0. The highest BCUT2D eigenvalue weighted by molar-refractivity contribution is 6.82. The molecule has 0 heterocycles. The lowest BCUT2D eigenvalue weighted by Crippen LogP contribution is -2.66. The average molecular weight is 616 g/mol. The molecule has 0 unspecified atom stereocenters. The van der Waals surface area contributed by atoms with Gasteiger partial charge in [-0.05, 0) is 0 Å². The molecule has 0 aliphatic rings. The van der Waals surface area contributed by atoms with Crippen LogP contribution in [0.1, 0.15) is 0 Å². The quantitative estimate of drug-likeness (QED) is 0.271. The van der Waals surface area contributed by atoms with Crippen LogP contribution in [0.5, 0.6) is 0 Å². The van der Waals surface area contributed by atoms with Gasteiger partial charge in [0.1, 0.15) is 0 Å². The van der Waals surface area contributed by atoms with Crippen LogP contribution in [0, 0.1) is 4.84 Å². The molecule has 22 heavy (non-hydrogen) atoms. The predicted molar refractivity (Wildman–Crippen MR) is 107 cm³/mol. The minimum Gasteiger partial charge on any atom is -0.0946 e. The Morgan fingerprint density at radius 1 is 0.409 bits per heavy atom. The molecule has 0 aliphatic heterocycles.